The molecule has 2 nitrogen and oxygen atoms in total. The molecule has 4 heteroatoms. The standard InChI is InChI=1S/C13H18ClFO2/c1-3-4-13(17-2)12(16)8-9-5-6-11(15)10(14)7-9/h5-7,12-13,16H,3-4,8H2,1-2H3. The van der Waals surface area contributed by atoms with Crippen molar-refractivity contribution in [2.75, 3.05) is 7.11 Å². The van der Waals surface area contributed by atoms with Crippen molar-refractivity contribution in [3.63, 3.8) is 0 Å². The molecular weight excluding hydrogens is 243 g/mol. The van der Waals surface area contributed by atoms with Crippen LogP contribution in [0.2, 0.25) is 5.02 Å². The normalized spacial score (nSPS) is 14.6. The maximum Gasteiger partial charge on any atom is 0.141 e. The molecule has 0 radical (unpaired) electrons. The van der Waals surface area contributed by atoms with Gasteiger partial charge in [0.25, 0.3) is 0 Å². The van der Waals surface area contributed by atoms with Crippen molar-refractivity contribution in [1.29, 1.82) is 0 Å². The molecule has 0 aliphatic heterocycles. The predicted molar refractivity (Wildman–Crippen MR) is 66.8 cm³/mol. The van der Waals surface area contributed by atoms with E-state index in [4.69, 9.17) is 16.3 Å². The molecule has 0 bridgehead atoms. The van der Waals surface area contributed by atoms with E-state index in [1.807, 2.05) is 6.92 Å². The smallest absolute Gasteiger partial charge is 0.141 e. The average molecular weight is 261 g/mol. The third kappa shape index (κ3) is 4.26. The number of benzene rings is 1. The topological polar surface area (TPSA) is 29.5 Å². The lowest BCUT2D eigenvalue weighted by atomic mass is 10.0. The molecule has 0 saturated carbocycles. The highest BCUT2D eigenvalue weighted by Crippen LogP contribution is 2.19. The van der Waals surface area contributed by atoms with E-state index in [2.05, 4.69) is 0 Å². The second kappa shape index (κ2) is 6.94. The Kier molecular flexibility index (Phi) is 5.89. The summed E-state index contributed by atoms with van der Waals surface area (Å²) < 4.78 is 18.2. The summed E-state index contributed by atoms with van der Waals surface area (Å²) in [6, 6.07) is 4.48. The van der Waals surface area contributed by atoms with Crippen molar-refractivity contribution in [3.05, 3.63) is 34.6 Å². The van der Waals surface area contributed by atoms with Gasteiger partial charge in [0.1, 0.15) is 5.82 Å². The Bertz CT molecular complexity index is 357. The highest BCUT2D eigenvalue weighted by atomic mass is 35.5. The fourth-order valence-corrected chi connectivity index (χ4v) is 1.99. The van der Waals surface area contributed by atoms with Crippen LogP contribution in [0.5, 0.6) is 0 Å². The van der Waals surface area contributed by atoms with Gasteiger partial charge < -0.3 is 9.84 Å². The third-order valence-electron chi connectivity index (χ3n) is 2.73. The molecule has 0 spiro atoms. The summed E-state index contributed by atoms with van der Waals surface area (Å²) in [6.45, 7) is 2.04. The molecule has 0 fully saturated rings. The zero-order chi connectivity index (χ0) is 12.8. The van der Waals surface area contributed by atoms with Crippen LogP contribution in [-0.4, -0.2) is 24.4 Å². The van der Waals surface area contributed by atoms with Crippen LogP contribution in [0.15, 0.2) is 18.2 Å². The summed E-state index contributed by atoms with van der Waals surface area (Å²) in [5.41, 5.74) is 0.807. The molecule has 0 heterocycles. The monoisotopic (exact) mass is 260 g/mol. The number of hydrogen-bond acceptors (Lipinski definition) is 2. The predicted octanol–water partition coefficient (Wildman–Crippen LogP) is 3.20. The van der Waals surface area contributed by atoms with E-state index in [1.54, 1.807) is 19.2 Å². The van der Waals surface area contributed by atoms with Gasteiger partial charge in [0, 0.05) is 13.5 Å². The summed E-state index contributed by atoms with van der Waals surface area (Å²) in [4.78, 5) is 0. The molecule has 0 aromatic heterocycles. The van der Waals surface area contributed by atoms with Gasteiger partial charge in [-0.25, -0.2) is 4.39 Å². The van der Waals surface area contributed by atoms with Crippen LogP contribution in [0.1, 0.15) is 25.3 Å². The fraction of sp³-hybridized carbons (Fsp3) is 0.538. The van der Waals surface area contributed by atoms with E-state index >= 15 is 0 Å². The van der Waals surface area contributed by atoms with Crippen LogP contribution in [0.4, 0.5) is 4.39 Å². The van der Waals surface area contributed by atoms with Gasteiger partial charge in [0.15, 0.2) is 0 Å². The van der Waals surface area contributed by atoms with Gasteiger partial charge in [-0.05, 0) is 24.1 Å². The lowest BCUT2D eigenvalue weighted by Crippen LogP contribution is -2.29. The second-order valence-corrected chi connectivity index (χ2v) is 4.49. The highest BCUT2D eigenvalue weighted by Gasteiger charge is 2.18. The number of rotatable bonds is 6. The summed E-state index contributed by atoms with van der Waals surface area (Å²) in [6.07, 6.45) is 1.37. The Balaban J connectivity index is 2.66. The molecule has 1 rings (SSSR count). The van der Waals surface area contributed by atoms with Crippen LogP contribution in [-0.2, 0) is 11.2 Å². The van der Waals surface area contributed by atoms with Gasteiger partial charge >= 0.3 is 0 Å². The molecule has 0 aliphatic rings. The first kappa shape index (κ1) is 14.4. The van der Waals surface area contributed by atoms with Crippen LogP contribution in [0.25, 0.3) is 0 Å². The van der Waals surface area contributed by atoms with Gasteiger partial charge in [-0.15, -0.1) is 0 Å². The van der Waals surface area contributed by atoms with Crippen molar-refractivity contribution in [1.82, 2.24) is 0 Å². The molecule has 0 saturated heterocycles. The Labute approximate surface area is 106 Å². The van der Waals surface area contributed by atoms with E-state index in [0.717, 1.165) is 18.4 Å². The summed E-state index contributed by atoms with van der Waals surface area (Å²) in [5, 5.41) is 10.1. The molecule has 1 N–H and O–H groups in total. The second-order valence-electron chi connectivity index (χ2n) is 4.08. The van der Waals surface area contributed by atoms with Gasteiger partial charge in [-0.3, -0.25) is 0 Å². The Morgan fingerprint density at radius 1 is 1.47 bits per heavy atom. The molecule has 2 unspecified atom stereocenters. The maximum atomic E-state index is 13.0. The fourth-order valence-electron chi connectivity index (χ4n) is 1.79. The molecule has 96 valence electrons. The zero-order valence-corrected chi connectivity index (χ0v) is 10.9. The molecule has 17 heavy (non-hydrogen) atoms. The van der Waals surface area contributed by atoms with Crippen molar-refractivity contribution in [2.45, 2.75) is 38.4 Å². The quantitative estimate of drug-likeness (QED) is 0.851. The summed E-state index contributed by atoms with van der Waals surface area (Å²) >= 11 is 5.68. The van der Waals surface area contributed by atoms with Crippen molar-refractivity contribution >= 4 is 11.6 Å². The number of aliphatic hydroxyl groups excluding tert-OH is 1. The first-order chi connectivity index (χ1) is 8.08. The maximum absolute atomic E-state index is 13.0. The minimum Gasteiger partial charge on any atom is -0.390 e. The Morgan fingerprint density at radius 2 is 2.18 bits per heavy atom. The van der Waals surface area contributed by atoms with Crippen molar-refractivity contribution in [3.8, 4) is 0 Å². The average Bonchev–Trinajstić information content (AvgIpc) is 2.30. The molecule has 1 aromatic rings. The first-order valence-corrected chi connectivity index (χ1v) is 6.11. The number of hydrogen-bond donors (Lipinski definition) is 1. The van der Waals surface area contributed by atoms with Crippen molar-refractivity contribution in [2.24, 2.45) is 0 Å². The van der Waals surface area contributed by atoms with E-state index in [-0.39, 0.29) is 11.1 Å². The van der Waals surface area contributed by atoms with Crippen molar-refractivity contribution < 1.29 is 14.2 Å². The Morgan fingerprint density at radius 3 is 2.71 bits per heavy atom. The van der Waals surface area contributed by atoms with Crippen LogP contribution in [0.3, 0.4) is 0 Å². The van der Waals surface area contributed by atoms with E-state index in [1.165, 1.54) is 6.07 Å². The molecule has 2 atom stereocenters. The first-order valence-electron chi connectivity index (χ1n) is 5.73. The SMILES string of the molecule is CCCC(OC)C(O)Cc1ccc(F)c(Cl)c1. The molecule has 1 aromatic carbocycles. The number of halogens is 2. The van der Waals surface area contributed by atoms with Crippen LogP contribution in [0, 0.1) is 5.82 Å². The number of aliphatic hydroxyl groups is 1. The molecular formula is C13H18ClFO2. The van der Waals surface area contributed by atoms with E-state index in [0.29, 0.717) is 6.42 Å². The molecule has 0 amide bonds. The third-order valence-corrected chi connectivity index (χ3v) is 3.02. The minimum atomic E-state index is -0.596. The number of ether oxygens (including phenoxy) is 1. The van der Waals surface area contributed by atoms with Gasteiger partial charge in [0.05, 0.1) is 17.2 Å². The zero-order valence-electron chi connectivity index (χ0n) is 10.1. The van der Waals surface area contributed by atoms with Crippen LogP contribution >= 0.6 is 11.6 Å². The lowest BCUT2D eigenvalue weighted by Gasteiger charge is -2.21. The van der Waals surface area contributed by atoms with Gasteiger partial charge in [-0.1, -0.05) is 31.0 Å². The lowest BCUT2D eigenvalue weighted by molar-refractivity contribution is -0.0159. The number of methoxy groups -OCH3 is 1. The summed E-state index contributed by atoms with van der Waals surface area (Å²) in [5.74, 6) is -0.443. The molecule has 0 aliphatic carbocycles. The summed E-state index contributed by atoms with van der Waals surface area (Å²) in [7, 11) is 1.58. The minimum absolute atomic E-state index is 0.0826. The largest absolute Gasteiger partial charge is 0.390 e. The van der Waals surface area contributed by atoms with E-state index in [9.17, 15) is 9.50 Å². The van der Waals surface area contributed by atoms with E-state index < -0.39 is 11.9 Å². The van der Waals surface area contributed by atoms with Gasteiger partial charge in [-0.2, -0.15) is 0 Å². The Hall–Kier alpha value is -0.640. The highest BCUT2D eigenvalue weighted by molar-refractivity contribution is 6.30. The van der Waals surface area contributed by atoms with Gasteiger partial charge in [0.2, 0.25) is 0 Å². The van der Waals surface area contributed by atoms with Crippen LogP contribution < -0.4 is 0 Å².